The minimum absolute atomic E-state index is 0.0996. The number of carbonyl (C=O) groups is 6. The second-order valence-electron chi connectivity index (χ2n) is 14.4. The van der Waals surface area contributed by atoms with Gasteiger partial charge in [0.25, 0.3) is 5.91 Å². The normalized spacial score (nSPS) is 19.8. The van der Waals surface area contributed by atoms with Gasteiger partial charge >= 0.3 is 12.0 Å². The van der Waals surface area contributed by atoms with Crippen molar-refractivity contribution >= 4 is 47.3 Å². The predicted octanol–water partition coefficient (Wildman–Crippen LogP) is 2.95. The van der Waals surface area contributed by atoms with Gasteiger partial charge in [-0.3, -0.25) is 19.2 Å². The molecule has 3 fully saturated rings. The maximum absolute atomic E-state index is 14.0. The molecule has 3 rings (SSSR count). The molecule has 4 N–H and O–H groups in total. The van der Waals surface area contributed by atoms with Crippen molar-refractivity contribution in [2.75, 3.05) is 24.6 Å². The van der Waals surface area contributed by atoms with Crippen molar-refractivity contribution in [1.82, 2.24) is 26.2 Å². The van der Waals surface area contributed by atoms with E-state index in [1.54, 1.807) is 0 Å². The van der Waals surface area contributed by atoms with Crippen LogP contribution < -0.4 is 21.3 Å². The molecule has 1 aliphatic heterocycles. The Kier molecular flexibility index (Phi) is 14.2. The van der Waals surface area contributed by atoms with Crippen LogP contribution in [0, 0.1) is 23.2 Å². The highest BCUT2D eigenvalue weighted by atomic mass is 32.2. The number of esters is 1. The number of hydrogen-bond donors (Lipinski definition) is 4. The summed E-state index contributed by atoms with van der Waals surface area (Å²) in [7, 11) is 0. The van der Waals surface area contributed by atoms with Crippen molar-refractivity contribution in [3.05, 3.63) is 12.7 Å². The van der Waals surface area contributed by atoms with Crippen LogP contribution in [-0.2, 0) is 28.7 Å². The van der Waals surface area contributed by atoms with Gasteiger partial charge < -0.3 is 30.9 Å². The Labute approximate surface area is 283 Å². The third-order valence-electron chi connectivity index (χ3n) is 8.76. The van der Waals surface area contributed by atoms with Crippen molar-refractivity contribution in [3.8, 4) is 0 Å². The zero-order valence-electron chi connectivity index (χ0n) is 28.9. The smallest absolute Gasteiger partial charge is 0.329 e. The van der Waals surface area contributed by atoms with Gasteiger partial charge in [-0.05, 0) is 73.9 Å². The van der Waals surface area contributed by atoms with Gasteiger partial charge in [0.05, 0.1) is 0 Å². The van der Waals surface area contributed by atoms with Crippen LogP contribution in [0.25, 0.3) is 0 Å². The minimum atomic E-state index is -1.06. The first-order chi connectivity index (χ1) is 22.2. The van der Waals surface area contributed by atoms with Gasteiger partial charge in [-0.2, -0.15) is 11.8 Å². The summed E-state index contributed by atoms with van der Waals surface area (Å²) in [5, 5.41) is 10.7. The number of Topliss-reactive ketones (excluding diaryl/α,β-unsaturated/α-hetero) is 1. The van der Waals surface area contributed by atoms with E-state index in [0.717, 1.165) is 37.9 Å². The van der Waals surface area contributed by atoms with Gasteiger partial charge in [0.15, 0.2) is 0 Å². The molecule has 2 saturated carbocycles. The van der Waals surface area contributed by atoms with Gasteiger partial charge in [-0.15, -0.1) is 6.58 Å². The lowest BCUT2D eigenvalue weighted by Gasteiger charge is -2.36. The van der Waals surface area contributed by atoms with E-state index in [2.05, 4.69) is 27.8 Å². The van der Waals surface area contributed by atoms with Gasteiger partial charge in [0.1, 0.15) is 30.3 Å². The molecule has 0 bridgehead atoms. The Bertz CT molecular complexity index is 1150. The number of hydrogen-bond acceptors (Lipinski definition) is 8. The van der Waals surface area contributed by atoms with Crippen LogP contribution >= 0.6 is 11.8 Å². The lowest BCUT2D eigenvalue weighted by atomic mass is 9.85. The first-order valence-electron chi connectivity index (χ1n) is 17.1. The van der Waals surface area contributed by atoms with E-state index >= 15 is 0 Å². The van der Waals surface area contributed by atoms with Crippen LogP contribution in [0.1, 0.15) is 86.5 Å². The number of nitrogens with one attached hydrogen (secondary N) is 4. The summed E-state index contributed by atoms with van der Waals surface area (Å²) in [6.07, 6.45) is 7.37. The Balaban J connectivity index is 1.69. The quantitative estimate of drug-likeness (QED) is 0.0745. The predicted molar refractivity (Wildman–Crippen MR) is 181 cm³/mol. The largest absolute Gasteiger partial charge is 0.460 e. The minimum Gasteiger partial charge on any atom is -0.460 e. The molecule has 1 saturated heterocycles. The molecular weight excluding hydrogens is 622 g/mol. The molecule has 0 spiro atoms. The summed E-state index contributed by atoms with van der Waals surface area (Å²) in [6.45, 7) is 15.0. The highest BCUT2D eigenvalue weighted by molar-refractivity contribution is 7.99. The molecule has 3 aliphatic rings. The SMILES string of the molecule is C=CCNC(=O)C(=O)C(CSCCC)NC(=O)[C@@H]1CCCN1C(=O)C(NC(=O)NC(C(=O)OC(C1CC1)C1CC1)C(C)C)C(C)(C)C. The first-order valence-corrected chi connectivity index (χ1v) is 18.2. The summed E-state index contributed by atoms with van der Waals surface area (Å²) >= 11 is 1.45. The molecule has 13 heteroatoms. The number of urea groups is 1. The zero-order chi connectivity index (χ0) is 34.9. The lowest BCUT2D eigenvalue weighted by molar-refractivity contribution is -0.155. The Morgan fingerprint density at radius 3 is 2.15 bits per heavy atom. The number of carbonyl (C=O) groups excluding carboxylic acids is 6. The highest BCUT2D eigenvalue weighted by Crippen LogP contribution is 2.46. The Morgan fingerprint density at radius 2 is 1.62 bits per heavy atom. The van der Waals surface area contributed by atoms with Crippen LogP contribution in [0.2, 0.25) is 0 Å². The number of thioether (sulfide) groups is 1. The molecule has 47 heavy (non-hydrogen) atoms. The lowest BCUT2D eigenvalue weighted by Crippen LogP contribution is -2.61. The monoisotopic (exact) mass is 677 g/mol. The fourth-order valence-electron chi connectivity index (χ4n) is 5.77. The van der Waals surface area contributed by atoms with Crippen molar-refractivity contribution in [3.63, 3.8) is 0 Å². The summed E-state index contributed by atoms with van der Waals surface area (Å²) in [6, 6.07) is -4.52. The third-order valence-corrected chi connectivity index (χ3v) is 10.0. The van der Waals surface area contributed by atoms with Crippen molar-refractivity contribution in [2.45, 2.75) is 117 Å². The Morgan fingerprint density at radius 1 is 0.979 bits per heavy atom. The molecule has 12 nitrogen and oxygen atoms in total. The molecule has 0 radical (unpaired) electrons. The average molecular weight is 678 g/mol. The summed E-state index contributed by atoms with van der Waals surface area (Å²) < 4.78 is 5.92. The molecule has 5 amide bonds. The first kappa shape index (κ1) is 38.4. The number of rotatable bonds is 18. The van der Waals surface area contributed by atoms with Crippen molar-refractivity contribution in [2.24, 2.45) is 23.2 Å². The molecule has 0 aromatic heterocycles. The molecule has 2 aliphatic carbocycles. The van der Waals surface area contributed by atoms with Crippen LogP contribution in [0.15, 0.2) is 12.7 Å². The topological polar surface area (TPSA) is 163 Å². The van der Waals surface area contributed by atoms with Gasteiger partial charge in [-0.1, -0.05) is 47.6 Å². The number of ether oxygens (including phenoxy) is 1. The van der Waals surface area contributed by atoms with Crippen LogP contribution in [-0.4, -0.2) is 95.3 Å². The molecule has 264 valence electrons. The number of amides is 5. The van der Waals surface area contributed by atoms with Crippen LogP contribution in [0.4, 0.5) is 4.79 Å². The summed E-state index contributed by atoms with van der Waals surface area (Å²) in [4.78, 5) is 81.0. The molecule has 4 atom stereocenters. The maximum atomic E-state index is 14.0. The number of ketones is 1. The van der Waals surface area contributed by atoms with E-state index in [9.17, 15) is 28.8 Å². The second-order valence-corrected chi connectivity index (χ2v) is 15.6. The van der Waals surface area contributed by atoms with Crippen LogP contribution in [0.3, 0.4) is 0 Å². The molecule has 0 aromatic carbocycles. The fraction of sp³-hybridized carbons (Fsp3) is 0.765. The van der Waals surface area contributed by atoms with Gasteiger partial charge in [-0.25, -0.2) is 9.59 Å². The van der Waals surface area contributed by atoms with Crippen molar-refractivity contribution < 1.29 is 33.5 Å². The maximum Gasteiger partial charge on any atom is 0.329 e. The molecular formula is C34H55N5O7S. The van der Waals surface area contributed by atoms with E-state index in [0.29, 0.717) is 31.2 Å². The number of nitrogens with zero attached hydrogens (tertiary/aromatic N) is 1. The zero-order valence-corrected chi connectivity index (χ0v) is 29.7. The Hall–Kier alpha value is -3.09. The molecule has 0 aromatic rings. The highest BCUT2D eigenvalue weighted by Gasteiger charge is 2.46. The van der Waals surface area contributed by atoms with E-state index in [1.807, 2.05) is 41.5 Å². The van der Waals surface area contributed by atoms with Crippen molar-refractivity contribution in [1.29, 1.82) is 0 Å². The summed E-state index contributed by atoms with van der Waals surface area (Å²) in [5.41, 5.74) is -0.743. The second kappa shape index (κ2) is 17.3. The van der Waals surface area contributed by atoms with E-state index in [4.69, 9.17) is 4.74 Å². The van der Waals surface area contributed by atoms with E-state index in [-0.39, 0.29) is 24.3 Å². The van der Waals surface area contributed by atoms with E-state index in [1.165, 1.54) is 22.7 Å². The van der Waals surface area contributed by atoms with Crippen LogP contribution in [0.5, 0.6) is 0 Å². The third kappa shape index (κ3) is 11.2. The van der Waals surface area contributed by atoms with Gasteiger partial charge in [0, 0.05) is 18.8 Å². The fourth-order valence-corrected chi connectivity index (χ4v) is 6.70. The molecule has 3 unspecified atom stereocenters. The van der Waals surface area contributed by atoms with E-state index < -0.39 is 65.1 Å². The average Bonchev–Trinajstić information content (AvgIpc) is 3.96. The van der Waals surface area contributed by atoms with Gasteiger partial charge in [0.2, 0.25) is 17.6 Å². The number of likely N-dealkylation sites (tertiary alicyclic amines) is 1. The molecule has 1 heterocycles. The standard InChI is InChI=1S/C34H55N5O7S/c1-8-16-35-30(42)26(40)23(19-47-18-9-2)36-29(41)24-11-10-17-39(24)31(43)28(34(5,6)7)38-33(45)37-25(20(3)4)32(44)46-27(21-12-13-21)22-14-15-22/h8,20-25,27-28H,1,9-19H2,2-7H3,(H,35,42)(H,36,41)(H2,37,38,45)/t23?,24-,25?,28?/m0/s1. The summed E-state index contributed by atoms with van der Waals surface area (Å²) in [5.74, 6) is -1.47.